The maximum atomic E-state index is 13.6. The van der Waals surface area contributed by atoms with Crippen LogP contribution in [0.5, 0.6) is 11.5 Å². The molecule has 0 aliphatic heterocycles. The van der Waals surface area contributed by atoms with Crippen molar-refractivity contribution in [3.63, 3.8) is 0 Å². The first-order valence-corrected chi connectivity index (χ1v) is 5.70. The van der Waals surface area contributed by atoms with E-state index < -0.39 is 11.9 Å². The third-order valence-corrected chi connectivity index (χ3v) is 2.54. The Hall–Kier alpha value is -1.65. The maximum absolute atomic E-state index is 13.6. The van der Waals surface area contributed by atoms with Gasteiger partial charge in [-0.2, -0.15) is 0 Å². The number of aliphatic hydroxyl groups excluding tert-OH is 1. The predicted molar refractivity (Wildman–Crippen MR) is 66.4 cm³/mol. The lowest BCUT2D eigenvalue weighted by atomic mass is 10.1. The first-order chi connectivity index (χ1) is 8.58. The molecule has 0 radical (unpaired) electrons. The summed E-state index contributed by atoms with van der Waals surface area (Å²) in [4.78, 5) is 3.86. The molecule has 1 aromatic carbocycles. The second-order valence-corrected chi connectivity index (χ2v) is 4.20. The van der Waals surface area contributed by atoms with Crippen LogP contribution in [-0.4, -0.2) is 10.1 Å². The number of pyridine rings is 1. The van der Waals surface area contributed by atoms with Crippen LogP contribution in [0, 0.1) is 5.82 Å². The number of hydrogen-bond donors (Lipinski definition) is 1. The third kappa shape index (κ3) is 2.78. The van der Waals surface area contributed by atoms with Crippen molar-refractivity contribution in [1.82, 2.24) is 4.98 Å². The quantitative estimate of drug-likeness (QED) is 0.922. The van der Waals surface area contributed by atoms with Gasteiger partial charge in [0.2, 0.25) is 0 Å². The van der Waals surface area contributed by atoms with Gasteiger partial charge in [-0.25, -0.2) is 4.39 Å². The number of ether oxygens (including phenoxy) is 1. The molecule has 1 aromatic heterocycles. The zero-order chi connectivity index (χ0) is 13.1. The second kappa shape index (κ2) is 5.33. The number of aliphatic hydroxyl groups is 1. The zero-order valence-electron chi connectivity index (χ0n) is 9.60. The van der Waals surface area contributed by atoms with E-state index in [4.69, 9.17) is 16.3 Å². The smallest absolute Gasteiger partial charge is 0.147 e. The van der Waals surface area contributed by atoms with Crippen molar-refractivity contribution in [2.75, 3.05) is 0 Å². The Kier molecular flexibility index (Phi) is 3.79. The molecule has 5 heteroatoms. The monoisotopic (exact) mass is 267 g/mol. The summed E-state index contributed by atoms with van der Waals surface area (Å²) in [7, 11) is 0. The van der Waals surface area contributed by atoms with Gasteiger partial charge in [0.15, 0.2) is 0 Å². The number of aromatic nitrogens is 1. The van der Waals surface area contributed by atoms with Crippen LogP contribution in [0.15, 0.2) is 36.7 Å². The van der Waals surface area contributed by atoms with Gasteiger partial charge in [0.25, 0.3) is 0 Å². The summed E-state index contributed by atoms with van der Waals surface area (Å²) in [5, 5.41) is 9.98. The maximum Gasteiger partial charge on any atom is 0.147 e. The third-order valence-electron chi connectivity index (χ3n) is 2.34. The summed E-state index contributed by atoms with van der Waals surface area (Å²) in [5.74, 6) is 0.113. The Morgan fingerprint density at radius 1 is 1.39 bits per heavy atom. The molecule has 0 bridgehead atoms. The lowest BCUT2D eigenvalue weighted by Gasteiger charge is -2.13. The van der Waals surface area contributed by atoms with E-state index in [1.807, 2.05) is 0 Å². The van der Waals surface area contributed by atoms with E-state index >= 15 is 0 Å². The normalized spacial score (nSPS) is 12.2. The van der Waals surface area contributed by atoms with Gasteiger partial charge >= 0.3 is 0 Å². The molecule has 94 valence electrons. The first kappa shape index (κ1) is 12.8. The Balaban J connectivity index is 2.37. The minimum Gasteiger partial charge on any atom is -0.455 e. The van der Waals surface area contributed by atoms with Crippen LogP contribution in [0.4, 0.5) is 4.39 Å². The molecule has 0 aliphatic carbocycles. The van der Waals surface area contributed by atoms with E-state index in [0.29, 0.717) is 10.8 Å². The molecule has 0 saturated carbocycles. The standard InChI is InChI=1S/C13H11ClFNO2/c1-8(17)13-11(15)3-2-4-12(13)18-10-5-9(14)6-16-7-10/h2-8,17H,1H3/t8-/m0/s1. The number of nitrogens with zero attached hydrogens (tertiary/aromatic N) is 1. The lowest BCUT2D eigenvalue weighted by Crippen LogP contribution is -1.99. The van der Waals surface area contributed by atoms with Gasteiger partial charge in [0, 0.05) is 12.3 Å². The molecule has 0 saturated heterocycles. The fraction of sp³-hybridized carbons (Fsp3) is 0.154. The summed E-state index contributed by atoms with van der Waals surface area (Å²) in [6.07, 6.45) is 1.96. The van der Waals surface area contributed by atoms with Gasteiger partial charge in [0.05, 0.1) is 22.9 Å². The summed E-state index contributed by atoms with van der Waals surface area (Å²) >= 11 is 5.78. The molecule has 1 N–H and O–H groups in total. The van der Waals surface area contributed by atoms with Gasteiger partial charge in [-0.1, -0.05) is 17.7 Å². The molecule has 2 rings (SSSR count). The molecule has 1 heterocycles. The van der Waals surface area contributed by atoms with Gasteiger partial charge in [-0.15, -0.1) is 0 Å². The molecule has 0 fully saturated rings. The Bertz CT molecular complexity index is 560. The van der Waals surface area contributed by atoms with Crippen LogP contribution in [0.25, 0.3) is 0 Å². The molecule has 3 nitrogen and oxygen atoms in total. The van der Waals surface area contributed by atoms with Gasteiger partial charge in [0.1, 0.15) is 17.3 Å². The molecule has 1 atom stereocenters. The second-order valence-electron chi connectivity index (χ2n) is 3.77. The average Bonchev–Trinajstić information content (AvgIpc) is 2.28. The molecule has 18 heavy (non-hydrogen) atoms. The highest BCUT2D eigenvalue weighted by Gasteiger charge is 2.15. The molecule has 0 unspecified atom stereocenters. The van der Waals surface area contributed by atoms with Crippen LogP contribution >= 0.6 is 11.6 Å². The van der Waals surface area contributed by atoms with Crippen molar-refractivity contribution in [3.05, 3.63) is 53.1 Å². The SMILES string of the molecule is C[C@H](O)c1c(F)cccc1Oc1cncc(Cl)c1. The van der Waals surface area contributed by atoms with Crippen molar-refractivity contribution >= 4 is 11.6 Å². The van der Waals surface area contributed by atoms with Crippen LogP contribution in [-0.2, 0) is 0 Å². The summed E-state index contributed by atoms with van der Waals surface area (Å²) in [5.41, 5.74) is 0.109. The van der Waals surface area contributed by atoms with E-state index in [2.05, 4.69) is 4.98 Å². The van der Waals surface area contributed by atoms with E-state index in [1.165, 1.54) is 31.5 Å². The molecule has 2 aromatic rings. The predicted octanol–water partition coefficient (Wildman–Crippen LogP) is 3.72. The van der Waals surface area contributed by atoms with E-state index in [0.717, 1.165) is 0 Å². The van der Waals surface area contributed by atoms with Gasteiger partial charge < -0.3 is 9.84 Å². The van der Waals surface area contributed by atoms with Crippen molar-refractivity contribution in [2.24, 2.45) is 0 Å². The van der Waals surface area contributed by atoms with Crippen molar-refractivity contribution in [2.45, 2.75) is 13.0 Å². The van der Waals surface area contributed by atoms with Crippen LogP contribution in [0.1, 0.15) is 18.6 Å². The Labute approximate surface area is 109 Å². The summed E-state index contributed by atoms with van der Waals surface area (Å²) in [6, 6.07) is 5.91. The Morgan fingerprint density at radius 2 is 2.17 bits per heavy atom. The minimum absolute atomic E-state index is 0.109. The molecule has 0 aliphatic rings. The molecular weight excluding hydrogens is 257 g/mol. The lowest BCUT2D eigenvalue weighted by molar-refractivity contribution is 0.190. The molecule has 0 spiro atoms. The number of rotatable bonds is 3. The van der Waals surface area contributed by atoms with Crippen molar-refractivity contribution in [1.29, 1.82) is 0 Å². The highest BCUT2D eigenvalue weighted by atomic mass is 35.5. The zero-order valence-corrected chi connectivity index (χ0v) is 10.4. The van der Waals surface area contributed by atoms with E-state index in [1.54, 1.807) is 12.1 Å². The first-order valence-electron chi connectivity index (χ1n) is 5.33. The van der Waals surface area contributed by atoms with Crippen LogP contribution in [0.3, 0.4) is 0 Å². The van der Waals surface area contributed by atoms with Crippen LogP contribution < -0.4 is 4.74 Å². The molecular formula is C13H11ClFNO2. The topological polar surface area (TPSA) is 42.4 Å². The fourth-order valence-electron chi connectivity index (χ4n) is 1.59. The largest absolute Gasteiger partial charge is 0.455 e. The van der Waals surface area contributed by atoms with Crippen LogP contribution in [0.2, 0.25) is 5.02 Å². The highest BCUT2D eigenvalue weighted by Crippen LogP contribution is 2.31. The van der Waals surface area contributed by atoms with Gasteiger partial charge in [-0.3, -0.25) is 4.98 Å². The van der Waals surface area contributed by atoms with Gasteiger partial charge in [-0.05, 0) is 19.1 Å². The minimum atomic E-state index is -0.964. The van der Waals surface area contributed by atoms with Crippen molar-refractivity contribution in [3.8, 4) is 11.5 Å². The number of hydrogen-bond acceptors (Lipinski definition) is 3. The van der Waals surface area contributed by atoms with E-state index in [9.17, 15) is 9.50 Å². The average molecular weight is 268 g/mol. The number of halogens is 2. The number of benzene rings is 1. The molecule has 0 amide bonds. The summed E-state index contributed by atoms with van der Waals surface area (Å²) in [6.45, 7) is 1.47. The van der Waals surface area contributed by atoms with Crippen molar-refractivity contribution < 1.29 is 14.2 Å². The van der Waals surface area contributed by atoms with E-state index in [-0.39, 0.29) is 11.3 Å². The fourth-order valence-corrected chi connectivity index (χ4v) is 1.75. The summed E-state index contributed by atoms with van der Waals surface area (Å²) < 4.78 is 19.1. The highest BCUT2D eigenvalue weighted by molar-refractivity contribution is 6.30. The Morgan fingerprint density at radius 3 is 2.83 bits per heavy atom.